The van der Waals surface area contributed by atoms with E-state index in [0.717, 1.165) is 25.9 Å². The molecule has 20 heavy (non-hydrogen) atoms. The van der Waals surface area contributed by atoms with E-state index in [1.54, 1.807) is 0 Å². The summed E-state index contributed by atoms with van der Waals surface area (Å²) in [5.74, 6) is 0.618. The van der Waals surface area contributed by atoms with Gasteiger partial charge in [-0.1, -0.05) is 40.0 Å². The second-order valence-electron chi connectivity index (χ2n) is 5.63. The Bertz CT molecular complexity index is 202. The van der Waals surface area contributed by atoms with Crippen LogP contribution in [0.25, 0.3) is 0 Å². The Morgan fingerprint density at radius 2 is 1.80 bits per heavy atom. The summed E-state index contributed by atoms with van der Waals surface area (Å²) in [5.41, 5.74) is 0. The van der Waals surface area contributed by atoms with Crippen LogP contribution in [0.3, 0.4) is 0 Å². The molecule has 4 nitrogen and oxygen atoms in total. The van der Waals surface area contributed by atoms with Crippen molar-refractivity contribution in [2.75, 3.05) is 26.4 Å². The summed E-state index contributed by atoms with van der Waals surface area (Å²) >= 11 is 0. The van der Waals surface area contributed by atoms with Crippen molar-refractivity contribution in [2.45, 2.75) is 71.4 Å². The molecule has 0 aromatic carbocycles. The smallest absolute Gasteiger partial charge is 0.0897 e. The lowest BCUT2D eigenvalue weighted by Crippen LogP contribution is -2.37. The zero-order chi connectivity index (χ0) is 15.2. The minimum atomic E-state index is -0.466. The van der Waals surface area contributed by atoms with E-state index in [2.05, 4.69) is 26.1 Å². The van der Waals surface area contributed by atoms with Crippen molar-refractivity contribution in [3.63, 3.8) is 0 Å². The molecule has 0 fully saturated rings. The fraction of sp³-hybridized carbons (Fsp3) is 1.00. The van der Waals surface area contributed by atoms with E-state index in [0.29, 0.717) is 19.1 Å². The standard InChI is InChI=1S/C16H35NO3/c1-4-7-8-14(5-2)12-20-13-16(19)11-17-15(6-3)9-10-18/h14-19H,4-13H2,1-3H3. The van der Waals surface area contributed by atoms with Gasteiger partial charge in [-0.3, -0.25) is 0 Å². The summed E-state index contributed by atoms with van der Waals surface area (Å²) in [6.07, 6.45) is 6.07. The van der Waals surface area contributed by atoms with Crippen LogP contribution in [0.4, 0.5) is 0 Å². The van der Waals surface area contributed by atoms with Gasteiger partial charge in [-0.05, 0) is 25.2 Å². The Labute approximate surface area is 124 Å². The zero-order valence-corrected chi connectivity index (χ0v) is 13.6. The van der Waals surface area contributed by atoms with Crippen molar-refractivity contribution in [1.29, 1.82) is 0 Å². The highest BCUT2D eigenvalue weighted by Crippen LogP contribution is 2.12. The van der Waals surface area contributed by atoms with E-state index in [-0.39, 0.29) is 12.6 Å². The highest BCUT2D eigenvalue weighted by Gasteiger charge is 2.11. The molecule has 122 valence electrons. The van der Waals surface area contributed by atoms with Crippen LogP contribution in [0.5, 0.6) is 0 Å². The van der Waals surface area contributed by atoms with Crippen LogP contribution in [-0.2, 0) is 4.74 Å². The van der Waals surface area contributed by atoms with Crippen molar-refractivity contribution in [3.8, 4) is 0 Å². The molecule has 0 rings (SSSR count). The fourth-order valence-electron chi connectivity index (χ4n) is 2.24. The minimum Gasteiger partial charge on any atom is -0.396 e. The maximum Gasteiger partial charge on any atom is 0.0897 e. The molecule has 0 aliphatic rings. The van der Waals surface area contributed by atoms with Gasteiger partial charge in [0.25, 0.3) is 0 Å². The molecule has 3 atom stereocenters. The maximum absolute atomic E-state index is 9.87. The lowest BCUT2D eigenvalue weighted by molar-refractivity contribution is 0.0179. The molecule has 0 aliphatic heterocycles. The Hall–Kier alpha value is -0.160. The van der Waals surface area contributed by atoms with E-state index in [4.69, 9.17) is 9.84 Å². The van der Waals surface area contributed by atoms with E-state index in [1.807, 2.05) is 0 Å². The lowest BCUT2D eigenvalue weighted by Gasteiger charge is -2.20. The van der Waals surface area contributed by atoms with Gasteiger partial charge in [0.15, 0.2) is 0 Å². The van der Waals surface area contributed by atoms with Gasteiger partial charge in [0.05, 0.1) is 12.7 Å². The van der Waals surface area contributed by atoms with Gasteiger partial charge in [0, 0.05) is 25.8 Å². The summed E-state index contributed by atoms with van der Waals surface area (Å²) in [4.78, 5) is 0. The first kappa shape index (κ1) is 19.8. The first-order valence-electron chi connectivity index (χ1n) is 8.27. The van der Waals surface area contributed by atoms with E-state index in [1.165, 1.54) is 19.3 Å². The summed E-state index contributed by atoms with van der Waals surface area (Å²) in [6, 6.07) is 0.280. The Morgan fingerprint density at radius 1 is 1.05 bits per heavy atom. The van der Waals surface area contributed by atoms with Gasteiger partial charge in [-0.15, -0.1) is 0 Å². The molecular formula is C16H35NO3. The van der Waals surface area contributed by atoms with Crippen LogP contribution >= 0.6 is 0 Å². The molecule has 0 bridgehead atoms. The first-order valence-corrected chi connectivity index (χ1v) is 8.27. The van der Waals surface area contributed by atoms with Crippen molar-refractivity contribution in [2.24, 2.45) is 5.92 Å². The third kappa shape index (κ3) is 10.6. The maximum atomic E-state index is 9.87. The molecule has 0 heterocycles. The number of nitrogens with one attached hydrogen (secondary N) is 1. The number of unbranched alkanes of at least 4 members (excludes halogenated alkanes) is 1. The summed E-state index contributed by atoms with van der Waals surface area (Å²) < 4.78 is 5.63. The molecule has 0 saturated heterocycles. The molecule has 0 saturated carbocycles. The van der Waals surface area contributed by atoms with Gasteiger partial charge in [-0.25, -0.2) is 0 Å². The Kier molecular flexibility index (Phi) is 13.7. The topological polar surface area (TPSA) is 61.7 Å². The van der Waals surface area contributed by atoms with Crippen LogP contribution in [0.2, 0.25) is 0 Å². The fourth-order valence-corrected chi connectivity index (χ4v) is 2.24. The lowest BCUT2D eigenvalue weighted by atomic mass is 10.0. The quantitative estimate of drug-likeness (QED) is 0.459. The van der Waals surface area contributed by atoms with Gasteiger partial charge < -0.3 is 20.3 Å². The normalized spacial score (nSPS) is 16.1. The highest BCUT2D eigenvalue weighted by atomic mass is 16.5. The Balaban J connectivity index is 3.67. The molecule has 0 aromatic rings. The summed E-state index contributed by atoms with van der Waals surface area (Å²) in [7, 11) is 0. The van der Waals surface area contributed by atoms with Crippen molar-refractivity contribution in [1.82, 2.24) is 5.32 Å². The number of aliphatic hydroxyl groups is 2. The summed E-state index contributed by atoms with van der Waals surface area (Å²) in [5, 5.41) is 22.0. The number of hydrogen-bond acceptors (Lipinski definition) is 4. The van der Waals surface area contributed by atoms with E-state index >= 15 is 0 Å². The number of rotatable bonds is 14. The van der Waals surface area contributed by atoms with Gasteiger partial charge in [-0.2, -0.15) is 0 Å². The minimum absolute atomic E-state index is 0.188. The van der Waals surface area contributed by atoms with Crippen LogP contribution in [0.15, 0.2) is 0 Å². The zero-order valence-electron chi connectivity index (χ0n) is 13.6. The molecule has 0 aromatic heterocycles. The largest absolute Gasteiger partial charge is 0.396 e. The molecule has 3 N–H and O–H groups in total. The molecule has 0 spiro atoms. The van der Waals surface area contributed by atoms with Crippen LogP contribution in [0, 0.1) is 5.92 Å². The van der Waals surface area contributed by atoms with Crippen LogP contribution in [0.1, 0.15) is 59.3 Å². The third-order valence-corrected chi connectivity index (χ3v) is 3.82. The highest BCUT2D eigenvalue weighted by molar-refractivity contribution is 4.68. The van der Waals surface area contributed by atoms with Crippen molar-refractivity contribution >= 4 is 0 Å². The van der Waals surface area contributed by atoms with E-state index in [9.17, 15) is 5.11 Å². The predicted octanol–water partition coefficient (Wildman–Crippen LogP) is 2.33. The molecule has 0 aliphatic carbocycles. The number of ether oxygens (including phenoxy) is 1. The predicted molar refractivity (Wildman–Crippen MR) is 83.9 cm³/mol. The van der Waals surface area contributed by atoms with Gasteiger partial charge in [0.2, 0.25) is 0 Å². The van der Waals surface area contributed by atoms with E-state index < -0.39 is 6.10 Å². The third-order valence-electron chi connectivity index (χ3n) is 3.82. The first-order chi connectivity index (χ1) is 9.67. The van der Waals surface area contributed by atoms with Crippen LogP contribution in [-0.4, -0.2) is 48.7 Å². The summed E-state index contributed by atoms with van der Waals surface area (Å²) in [6.45, 7) is 8.35. The Morgan fingerprint density at radius 3 is 2.35 bits per heavy atom. The second kappa shape index (κ2) is 13.8. The molecular weight excluding hydrogens is 254 g/mol. The monoisotopic (exact) mass is 289 g/mol. The number of aliphatic hydroxyl groups excluding tert-OH is 2. The van der Waals surface area contributed by atoms with Crippen LogP contribution < -0.4 is 5.32 Å². The van der Waals surface area contributed by atoms with Crippen molar-refractivity contribution < 1.29 is 14.9 Å². The molecule has 0 amide bonds. The van der Waals surface area contributed by atoms with Crippen molar-refractivity contribution in [3.05, 3.63) is 0 Å². The average molecular weight is 289 g/mol. The van der Waals surface area contributed by atoms with Gasteiger partial charge >= 0.3 is 0 Å². The molecule has 3 unspecified atom stereocenters. The number of hydrogen-bond donors (Lipinski definition) is 3. The second-order valence-corrected chi connectivity index (χ2v) is 5.63. The SMILES string of the molecule is CCCCC(CC)COCC(O)CNC(CC)CCO. The van der Waals surface area contributed by atoms with Gasteiger partial charge in [0.1, 0.15) is 0 Å². The average Bonchev–Trinajstić information content (AvgIpc) is 2.46. The molecule has 4 heteroatoms. The molecule has 0 radical (unpaired) electrons.